The minimum absolute atomic E-state index is 0.119. The molecule has 0 radical (unpaired) electrons. The van der Waals surface area contributed by atoms with Crippen LogP contribution in [0.3, 0.4) is 0 Å². The van der Waals surface area contributed by atoms with Crippen molar-refractivity contribution >= 4 is 23.5 Å². The average Bonchev–Trinajstić information content (AvgIpc) is 2.88. The molecular weight excluding hydrogens is 546 g/mol. The second-order valence-corrected chi connectivity index (χ2v) is 12.9. The highest BCUT2D eigenvalue weighted by Crippen LogP contribution is 2.56. The molecule has 1 aromatic carbocycles. The number of amides is 1. The minimum atomic E-state index is -1.87. The molecule has 0 aromatic heterocycles. The van der Waals surface area contributed by atoms with Gasteiger partial charge in [0.25, 0.3) is 0 Å². The predicted molar refractivity (Wildman–Crippen MR) is 151 cm³/mol. The van der Waals surface area contributed by atoms with Gasteiger partial charge in [0.2, 0.25) is 5.91 Å². The number of fused-ring (bicyclic) bond motifs is 2. The number of carbonyl (C=O) groups excluding carboxylic acids is 3. The summed E-state index contributed by atoms with van der Waals surface area (Å²) in [5.74, 6) is -5.30. The third-order valence-corrected chi connectivity index (χ3v) is 9.10. The first-order chi connectivity index (χ1) is 19.7. The molecule has 3 saturated heterocycles. The van der Waals surface area contributed by atoms with Gasteiger partial charge in [0.15, 0.2) is 11.6 Å². The van der Waals surface area contributed by atoms with Crippen LogP contribution >= 0.6 is 0 Å². The van der Waals surface area contributed by atoms with E-state index < -0.39 is 66.2 Å². The van der Waals surface area contributed by atoms with E-state index in [2.05, 4.69) is 5.32 Å². The number of anilines is 1. The van der Waals surface area contributed by atoms with E-state index in [1.165, 1.54) is 13.0 Å². The van der Waals surface area contributed by atoms with Crippen LogP contribution in [-0.2, 0) is 39.8 Å². The maximum absolute atomic E-state index is 12.9. The minimum Gasteiger partial charge on any atom is -0.508 e. The normalized spacial score (nSPS) is 34.8. The molecule has 3 aliphatic rings. The van der Waals surface area contributed by atoms with Crippen molar-refractivity contribution in [3.8, 4) is 5.75 Å². The van der Waals surface area contributed by atoms with E-state index in [0.29, 0.717) is 24.9 Å². The molecule has 3 fully saturated rings. The van der Waals surface area contributed by atoms with Crippen molar-refractivity contribution in [2.45, 2.75) is 116 Å². The summed E-state index contributed by atoms with van der Waals surface area (Å²) in [4.78, 5) is 37.3. The van der Waals surface area contributed by atoms with Crippen molar-refractivity contribution in [1.29, 1.82) is 0 Å². The van der Waals surface area contributed by atoms with Crippen LogP contribution in [0.1, 0.15) is 85.1 Å². The maximum atomic E-state index is 12.9. The summed E-state index contributed by atoms with van der Waals surface area (Å²) in [6.07, 6.45) is 0.477. The molecule has 7 atom stereocenters. The van der Waals surface area contributed by atoms with Crippen LogP contribution in [0.2, 0.25) is 0 Å². The van der Waals surface area contributed by atoms with Crippen LogP contribution < -0.4 is 5.32 Å². The number of rotatable bonds is 7. The van der Waals surface area contributed by atoms with Gasteiger partial charge in [-0.25, -0.2) is 0 Å². The number of esters is 2. The van der Waals surface area contributed by atoms with Gasteiger partial charge in [-0.2, -0.15) is 0 Å². The maximum Gasteiger partial charge on any atom is 0.311 e. The number of nitrogens with one attached hydrogen (secondary N) is 1. The third-order valence-electron chi connectivity index (χ3n) is 9.10. The molecule has 42 heavy (non-hydrogen) atoms. The molecule has 4 rings (SSSR count). The number of ether oxygens (including phenoxy) is 4. The molecule has 3 heterocycles. The van der Waals surface area contributed by atoms with Crippen molar-refractivity contribution in [3.05, 3.63) is 23.8 Å². The molecular formula is C31H45NO10. The van der Waals surface area contributed by atoms with E-state index in [1.807, 2.05) is 27.7 Å². The number of aliphatic hydroxyl groups is 2. The number of benzene rings is 1. The molecule has 1 spiro atoms. The van der Waals surface area contributed by atoms with Crippen LogP contribution in [0.5, 0.6) is 5.75 Å². The Morgan fingerprint density at radius 3 is 2.52 bits per heavy atom. The first-order valence-corrected chi connectivity index (χ1v) is 14.9. The Kier molecular flexibility index (Phi) is 9.56. The van der Waals surface area contributed by atoms with Crippen LogP contribution in [0, 0.1) is 17.3 Å². The summed E-state index contributed by atoms with van der Waals surface area (Å²) in [5.41, 5.74) is 0.875. The van der Waals surface area contributed by atoms with Gasteiger partial charge < -0.3 is 39.6 Å². The fourth-order valence-electron chi connectivity index (χ4n) is 6.62. The summed E-state index contributed by atoms with van der Waals surface area (Å²) in [6.45, 7) is 8.64. The van der Waals surface area contributed by atoms with E-state index in [9.17, 15) is 29.7 Å². The number of cyclic esters (lactones) is 1. The highest BCUT2D eigenvalue weighted by Gasteiger charge is 2.64. The lowest BCUT2D eigenvalue weighted by molar-refractivity contribution is -0.449. The lowest BCUT2D eigenvalue weighted by Crippen LogP contribution is -2.68. The van der Waals surface area contributed by atoms with Gasteiger partial charge in [-0.3, -0.25) is 14.4 Å². The summed E-state index contributed by atoms with van der Waals surface area (Å²) in [6, 6.07) is 4.85. The van der Waals surface area contributed by atoms with E-state index >= 15 is 0 Å². The number of hydrogen-bond donors (Lipinski definition) is 4. The molecule has 3 aliphatic heterocycles. The Morgan fingerprint density at radius 2 is 1.83 bits per heavy atom. The van der Waals surface area contributed by atoms with Crippen molar-refractivity contribution in [2.75, 3.05) is 11.9 Å². The smallest absolute Gasteiger partial charge is 0.311 e. The van der Waals surface area contributed by atoms with E-state index in [0.717, 1.165) is 18.4 Å². The Morgan fingerprint density at radius 1 is 1.10 bits per heavy atom. The number of phenols is 1. The van der Waals surface area contributed by atoms with Crippen LogP contribution in [0.15, 0.2) is 18.2 Å². The molecule has 11 heteroatoms. The number of aromatic hydroxyl groups is 1. The zero-order valence-electron chi connectivity index (χ0n) is 25.2. The predicted octanol–water partition coefficient (Wildman–Crippen LogP) is 3.57. The zero-order chi connectivity index (χ0) is 30.9. The molecule has 4 N–H and O–H groups in total. The lowest BCUT2D eigenvalue weighted by Gasteiger charge is -2.60. The van der Waals surface area contributed by atoms with Crippen LogP contribution in [0.4, 0.5) is 5.69 Å². The van der Waals surface area contributed by atoms with E-state index in [4.69, 9.17) is 18.9 Å². The van der Waals surface area contributed by atoms with Crippen molar-refractivity contribution in [2.24, 2.45) is 17.3 Å². The second kappa shape index (κ2) is 12.5. The van der Waals surface area contributed by atoms with E-state index in [-0.39, 0.29) is 30.4 Å². The highest BCUT2D eigenvalue weighted by molar-refractivity contribution is 5.89. The van der Waals surface area contributed by atoms with Gasteiger partial charge in [-0.05, 0) is 49.4 Å². The molecule has 234 valence electrons. The SMILES string of the molecule is CC(=O)Nc1ccc(O)cc1CCCC[C@H]1O[C@@]23C[C@H](OC(=O)C[C@H](CO)OC(=O)C[C@](O)(O2)[C@H](C)CC3(C)C)[C@@H]1C. The van der Waals surface area contributed by atoms with Crippen molar-refractivity contribution in [3.63, 3.8) is 0 Å². The highest BCUT2D eigenvalue weighted by atomic mass is 16.8. The Labute approximate surface area is 246 Å². The number of aryl methyl sites for hydroxylation is 1. The van der Waals surface area contributed by atoms with Gasteiger partial charge in [-0.15, -0.1) is 0 Å². The fraction of sp³-hybridized carbons (Fsp3) is 0.710. The number of carbonyl (C=O) groups is 3. The molecule has 0 aliphatic carbocycles. The standard InChI is InChI=1S/C31H45NO10/c1-18-14-29(4,5)31-15-26(40-27(36)13-23(17-33)39-28(37)16-30(18,38)42-31)19(2)25(41-31)9-7-6-8-21-12-22(35)10-11-24(21)32-20(3)34/h10-12,18-19,23,25-26,33,35,38H,6-9,13-17H2,1-5H3,(H,32,34)/t18-,19-,23-,25-,26+,30+,31+/m1/s1. The topological polar surface area (TPSA) is 161 Å². The van der Waals surface area contributed by atoms with Crippen LogP contribution in [0.25, 0.3) is 0 Å². The molecule has 1 aromatic rings. The van der Waals surface area contributed by atoms with Gasteiger partial charge in [0.1, 0.15) is 18.0 Å². The molecule has 0 saturated carbocycles. The fourth-order valence-corrected chi connectivity index (χ4v) is 6.62. The van der Waals surface area contributed by atoms with Crippen molar-refractivity contribution in [1.82, 2.24) is 0 Å². The molecule has 3 bridgehead atoms. The number of aliphatic hydroxyl groups excluding tert-OH is 1. The summed E-state index contributed by atoms with van der Waals surface area (Å²) >= 11 is 0. The largest absolute Gasteiger partial charge is 0.508 e. The van der Waals surface area contributed by atoms with Crippen molar-refractivity contribution < 1.29 is 48.7 Å². The first kappa shape index (κ1) is 32.2. The zero-order valence-corrected chi connectivity index (χ0v) is 25.2. The summed E-state index contributed by atoms with van der Waals surface area (Å²) in [7, 11) is 0. The Bertz CT molecular complexity index is 1170. The number of phenolic OH excluding ortho intramolecular Hbond substituents is 1. The number of unbranched alkanes of at least 4 members (excludes halogenated alkanes) is 1. The molecule has 11 nitrogen and oxygen atoms in total. The summed E-state index contributed by atoms with van der Waals surface area (Å²) < 4.78 is 24.4. The van der Waals surface area contributed by atoms with Gasteiger partial charge in [-0.1, -0.05) is 34.1 Å². The average molecular weight is 592 g/mol. The molecule has 0 unspecified atom stereocenters. The van der Waals surface area contributed by atoms with Gasteiger partial charge in [0.05, 0.1) is 25.6 Å². The molecule has 1 amide bonds. The van der Waals surface area contributed by atoms with Gasteiger partial charge in [0, 0.05) is 36.3 Å². The second-order valence-electron chi connectivity index (χ2n) is 12.9. The Hall–Kier alpha value is -2.73. The third kappa shape index (κ3) is 6.90. The quantitative estimate of drug-likeness (QED) is 0.210. The lowest BCUT2D eigenvalue weighted by atomic mass is 9.66. The number of hydrogen-bond acceptors (Lipinski definition) is 10. The van der Waals surface area contributed by atoms with Crippen LogP contribution in [-0.4, -0.2) is 69.7 Å². The Balaban J connectivity index is 1.57. The van der Waals surface area contributed by atoms with Gasteiger partial charge >= 0.3 is 11.9 Å². The summed E-state index contributed by atoms with van der Waals surface area (Å²) in [5, 5.41) is 34.1. The monoisotopic (exact) mass is 591 g/mol. The van der Waals surface area contributed by atoms with E-state index in [1.54, 1.807) is 12.1 Å². The first-order valence-electron chi connectivity index (χ1n) is 14.9.